The number of aliphatic hydroxyl groups excluding tert-OH is 1. The van der Waals surface area contributed by atoms with Crippen molar-refractivity contribution in [1.29, 1.82) is 0 Å². The van der Waals surface area contributed by atoms with Gasteiger partial charge in [-0.15, -0.1) is 0 Å². The van der Waals surface area contributed by atoms with Crippen molar-refractivity contribution in [2.45, 2.75) is 13.8 Å². The molecule has 0 heterocycles. The third-order valence-electron chi connectivity index (χ3n) is 2.43. The Morgan fingerprint density at radius 3 is 2.76 bits per heavy atom. The van der Waals surface area contributed by atoms with Crippen LogP contribution >= 0.6 is 15.9 Å². The number of halogens is 1. The van der Waals surface area contributed by atoms with Crippen molar-refractivity contribution in [2.75, 3.05) is 18.9 Å². The van der Waals surface area contributed by atoms with Crippen LogP contribution in [0.1, 0.15) is 24.2 Å². The van der Waals surface area contributed by atoms with E-state index in [1.807, 2.05) is 13.8 Å². The van der Waals surface area contributed by atoms with Gasteiger partial charge in [0.25, 0.3) is 5.91 Å². The number of nitrogen functional groups attached to an aromatic ring is 1. The lowest BCUT2D eigenvalue weighted by Crippen LogP contribution is -2.36. The third kappa shape index (κ3) is 3.71. The Bertz CT molecular complexity index is 419. The molecule has 0 radical (unpaired) electrons. The van der Waals surface area contributed by atoms with Gasteiger partial charge in [0.05, 0.1) is 10.0 Å². The van der Waals surface area contributed by atoms with E-state index >= 15 is 0 Å². The van der Waals surface area contributed by atoms with Crippen LogP contribution < -0.4 is 11.1 Å². The highest BCUT2D eigenvalue weighted by Crippen LogP contribution is 2.23. The van der Waals surface area contributed by atoms with Crippen molar-refractivity contribution in [3.8, 4) is 0 Å². The van der Waals surface area contributed by atoms with Gasteiger partial charge in [0.2, 0.25) is 0 Å². The lowest BCUT2D eigenvalue weighted by Gasteiger charge is -2.22. The van der Waals surface area contributed by atoms with Crippen molar-refractivity contribution < 1.29 is 9.90 Å². The van der Waals surface area contributed by atoms with Crippen molar-refractivity contribution in [3.05, 3.63) is 28.2 Å². The fourth-order valence-corrected chi connectivity index (χ4v) is 1.64. The van der Waals surface area contributed by atoms with Gasteiger partial charge in [-0.1, -0.05) is 19.9 Å². The van der Waals surface area contributed by atoms with Crippen LogP contribution in [0.4, 0.5) is 5.69 Å². The summed E-state index contributed by atoms with van der Waals surface area (Å²) in [5.41, 5.74) is 6.39. The highest BCUT2D eigenvalue weighted by molar-refractivity contribution is 9.10. The predicted octanol–water partition coefficient (Wildman–Crippen LogP) is 1.78. The molecular weight excluding hydrogens is 284 g/mol. The molecule has 0 aromatic heterocycles. The molecule has 1 aromatic carbocycles. The van der Waals surface area contributed by atoms with E-state index in [4.69, 9.17) is 10.8 Å². The number of hydrogen-bond donors (Lipinski definition) is 3. The molecule has 1 amide bonds. The Labute approximate surface area is 109 Å². The van der Waals surface area contributed by atoms with Crippen LogP contribution in [0.3, 0.4) is 0 Å². The molecule has 0 fully saturated rings. The van der Waals surface area contributed by atoms with Gasteiger partial charge in [-0.25, -0.2) is 0 Å². The molecule has 94 valence electrons. The summed E-state index contributed by atoms with van der Waals surface area (Å²) in [6.07, 6.45) is 0. The number of carbonyl (C=O) groups excluding carboxylic acids is 1. The zero-order valence-electron chi connectivity index (χ0n) is 9.96. The Balaban J connectivity index is 2.74. The molecule has 0 bridgehead atoms. The maximum atomic E-state index is 11.9. The van der Waals surface area contributed by atoms with E-state index in [2.05, 4.69) is 21.2 Å². The number of aliphatic hydroxyl groups is 1. The normalized spacial score (nSPS) is 11.3. The molecule has 0 aliphatic carbocycles. The number of nitrogens with one attached hydrogen (secondary N) is 1. The first-order valence-corrected chi connectivity index (χ1v) is 6.10. The van der Waals surface area contributed by atoms with Gasteiger partial charge in [-0.3, -0.25) is 4.79 Å². The van der Waals surface area contributed by atoms with Gasteiger partial charge in [0, 0.05) is 24.3 Å². The van der Waals surface area contributed by atoms with Crippen LogP contribution in [0.2, 0.25) is 0 Å². The number of rotatable bonds is 4. The molecule has 0 saturated heterocycles. The maximum absolute atomic E-state index is 11.9. The largest absolute Gasteiger partial charge is 0.398 e. The Kier molecular flexibility index (Phi) is 4.54. The van der Waals surface area contributed by atoms with Crippen LogP contribution in [-0.2, 0) is 0 Å². The molecule has 4 N–H and O–H groups in total. The van der Waals surface area contributed by atoms with Crippen molar-refractivity contribution >= 4 is 27.5 Å². The first-order chi connectivity index (χ1) is 7.87. The summed E-state index contributed by atoms with van der Waals surface area (Å²) in [7, 11) is 0. The summed E-state index contributed by atoms with van der Waals surface area (Å²) in [5.74, 6) is -0.203. The molecular formula is C12H17BrN2O2. The fraction of sp³-hybridized carbons (Fsp3) is 0.417. The smallest absolute Gasteiger partial charge is 0.252 e. The molecule has 0 aliphatic rings. The summed E-state index contributed by atoms with van der Waals surface area (Å²) in [6, 6.07) is 5.15. The van der Waals surface area contributed by atoms with E-state index in [0.717, 1.165) is 0 Å². The minimum atomic E-state index is -0.331. The summed E-state index contributed by atoms with van der Waals surface area (Å²) in [6.45, 7) is 4.18. The van der Waals surface area contributed by atoms with Crippen LogP contribution in [0.15, 0.2) is 22.7 Å². The lowest BCUT2D eigenvalue weighted by atomic mass is 9.95. The Morgan fingerprint density at radius 1 is 1.53 bits per heavy atom. The van der Waals surface area contributed by atoms with Gasteiger partial charge in [0.15, 0.2) is 0 Å². The summed E-state index contributed by atoms with van der Waals surface area (Å²) >= 11 is 3.28. The minimum absolute atomic E-state index is 0.0192. The summed E-state index contributed by atoms with van der Waals surface area (Å²) in [4.78, 5) is 11.9. The van der Waals surface area contributed by atoms with Crippen molar-refractivity contribution in [3.63, 3.8) is 0 Å². The second-order valence-electron chi connectivity index (χ2n) is 4.71. The zero-order valence-corrected chi connectivity index (χ0v) is 11.5. The predicted molar refractivity (Wildman–Crippen MR) is 71.8 cm³/mol. The lowest BCUT2D eigenvalue weighted by molar-refractivity contribution is 0.0910. The van der Waals surface area contributed by atoms with Crippen LogP contribution in [0.25, 0.3) is 0 Å². The van der Waals surface area contributed by atoms with E-state index < -0.39 is 0 Å². The quantitative estimate of drug-likeness (QED) is 0.742. The van der Waals surface area contributed by atoms with Gasteiger partial charge >= 0.3 is 0 Å². The molecule has 17 heavy (non-hydrogen) atoms. The average Bonchev–Trinajstić information content (AvgIpc) is 2.30. The topological polar surface area (TPSA) is 75.3 Å². The number of hydrogen-bond acceptors (Lipinski definition) is 3. The maximum Gasteiger partial charge on any atom is 0.252 e. The minimum Gasteiger partial charge on any atom is -0.398 e. The van der Waals surface area contributed by atoms with Crippen LogP contribution in [0.5, 0.6) is 0 Å². The first kappa shape index (κ1) is 14.0. The highest BCUT2D eigenvalue weighted by atomic mass is 79.9. The van der Waals surface area contributed by atoms with Gasteiger partial charge in [0.1, 0.15) is 0 Å². The van der Waals surface area contributed by atoms with E-state index in [1.165, 1.54) is 0 Å². The number of benzene rings is 1. The Morgan fingerprint density at radius 2 is 2.18 bits per heavy atom. The van der Waals surface area contributed by atoms with Crippen molar-refractivity contribution in [2.24, 2.45) is 5.41 Å². The van der Waals surface area contributed by atoms with Gasteiger partial charge in [-0.2, -0.15) is 0 Å². The van der Waals surface area contributed by atoms with Crippen LogP contribution in [-0.4, -0.2) is 24.2 Å². The molecule has 4 nitrogen and oxygen atoms in total. The molecule has 1 rings (SSSR count). The Hall–Kier alpha value is -1.07. The zero-order chi connectivity index (χ0) is 13.1. The standard InChI is InChI=1S/C12H17BrN2O2/c1-12(2,7-16)6-15-11(17)8-4-3-5-9(14)10(8)13/h3-5,16H,6-7,14H2,1-2H3,(H,15,17). The average molecular weight is 301 g/mol. The molecule has 0 atom stereocenters. The SMILES string of the molecule is CC(C)(CO)CNC(=O)c1cccc(N)c1Br. The van der Waals surface area contributed by atoms with E-state index in [0.29, 0.717) is 22.3 Å². The number of anilines is 1. The summed E-state index contributed by atoms with van der Waals surface area (Å²) < 4.78 is 0.597. The van der Waals surface area contributed by atoms with Gasteiger partial charge < -0.3 is 16.2 Å². The summed E-state index contributed by atoms with van der Waals surface area (Å²) in [5, 5.41) is 11.9. The van der Waals surface area contributed by atoms with E-state index in [9.17, 15) is 4.79 Å². The molecule has 0 unspecified atom stereocenters. The monoisotopic (exact) mass is 300 g/mol. The molecule has 5 heteroatoms. The van der Waals surface area contributed by atoms with Crippen LogP contribution in [0, 0.1) is 5.41 Å². The second-order valence-corrected chi connectivity index (χ2v) is 5.51. The van der Waals surface area contributed by atoms with E-state index in [-0.39, 0.29) is 17.9 Å². The third-order valence-corrected chi connectivity index (χ3v) is 3.31. The number of carbonyl (C=O) groups is 1. The number of nitrogens with two attached hydrogens (primary N) is 1. The first-order valence-electron chi connectivity index (χ1n) is 5.30. The number of amides is 1. The molecule has 0 aliphatic heterocycles. The van der Waals surface area contributed by atoms with E-state index in [1.54, 1.807) is 18.2 Å². The fourth-order valence-electron chi connectivity index (χ4n) is 1.20. The highest BCUT2D eigenvalue weighted by Gasteiger charge is 2.19. The van der Waals surface area contributed by atoms with Gasteiger partial charge in [-0.05, 0) is 28.1 Å². The van der Waals surface area contributed by atoms with Crippen molar-refractivity contribution in [1.82, 2.24) is 5.32 Å². The molecule has 0 spiro atoms. The molecule has 0 saturated carbocycles. The second kappa shape index (κ2) is 5.51. The molecule has 1 aromatic rings.